The summed E-state index contributed by atoms with van der Waals surface area (Å²) in [4.78, 5) is -0.211. The molecule has 0 heterocycles. The van der Waals surface area contributed by atoms with E-state index in [2.05, 4.69) is 15.9 Å². The average molecular weight is 334 g/mol. The molecule has 2 aromatic rings. The Morgan fingerprint density at radius 2 is 1.53 bits per heavy atom. The van der Waals surface area contributed by atoms with Crippen LogP contribution in [0.2, 0.25) is 10.0 Å². The minimum atomic E-state index is -0.325. The van der Waals surface area contributed by atoms with Crippen molar-refractivity contribution in [2.24, 2.45) is 0 Å². The molecule has 0 saturated heterocycles. The van der Waals surface area contributed by atoms with Crippen LogP contribution in [0.3, 0.4) is 0 Å². The molecular weight excluding hydrogens is 326 g/mol. The molecule has 0 aliphatic heterocycles. The second-order valence-electron chi connectivity index (χ2n) is 3.58. The van der Waals surface area contributed by atoms with E-state index < -0.39 is 0 Å². The summed E-state index contributed by atoms with van der Waals surface area (Å²) in [6.45, 7) is 0. The van der Waals surface area contributed by atoms with Crippen molar-refractivity contribution in [1.82, 2.24) is 0 Å². The lowest BCUT2D eigenvalue weighted by Crippen LogP contribution is -1.96. The quantitative estimate of drug-likeness (QED) is 0.626. The van der Waals surface area contributed by atoms with Crippen LogP contribution < -0.4 is 0 Å². The van der Waals surface area contributed by atoms with E-state index in [-0.39, 0.29) is 10.6 Å². The van der Waals surface area contributed by atoms with E-state index in [1.807, 2.05) is 12.1 Å². The molecule has 2 rings (SSSR count). The Labute approximate surface area is 117 Å². The van der Waals surface area contributed by atoms with E-state index in [0.29, 0.717) is 15.6 Å². The smallest absolute Gasteiger partial charge is 0.129 e. The van der Waals surface area contributed by atoms with Gasteiger partial charge in [0.05, 0.1) is 4.83 Å². The van der Waals surface area contributed by atoms with Gasteiger partial charge in [-0.05, 0) is 29.8 Å². The first-order valence-corrected chi connectivity index (χ1v) is 6.59. The van der Waals surface area contributed by atoms with Crippen LogP contribution in [0.5, 0.6) is 0 Å². The van der Waals surface area contributed by atoms with Gasteiger partial charge in [-0.1, -0.05) is 57.3 Å². The molecule has 88 valence electrons. The van der Waals surface area contributed by atoms with Crippen LogP contribution in [0.4, 0.5) is 4.39 Å². The number of hydrogen-bond acceptors (Lipinski definition) is 0. The summed E-state index contributed by atoms with van der Waals surface area (Å²) < 4.78 is 13.7. The lowest BCUT2D eigenvalue weighted by atomic mass is 10.0. The Bertz CT molecular complexity index is 525. The van der Waals surface area contributed by atoms with Crippen molar-refractivity contribution < 1.29 is 4.39 Å². The van der Waals surface area contributed by atoms with E-state index in [1.165, 1.54) is 6.07 Å². The van der Waals surface area contributed by atoms with Crippen molar-refractivity contribution in [3.63, 3.8) is 0 Å². The van der Waals surface area contributed by atoms with E-state index in [0.717, 1.165) is 5.56 Å². The molecule has 0 radical (unpaired) electrons. The van der Waals surface area contributed by atoms with Crippen LogP contribution in [0.1, 0.15) is 16.0 Å². The van der Waals surface area contributed by atoms with E-state index in [4.69, 9.17) is 23.2 Å². The van der Waals surface area contributed by atoms with Crippen LogP contribution in [-0.4, -0.2) is 0 Å². The fourth-order valence-corrected chi connectivity index (χ4v) is 2.48. The monoisotopic (exact) mass is 332 g/mol. The van der Waals surface area contributed by atoms with Gasteiger partial charge in [-0.3, -0.25) is 0 Å². The highest BCUT2D eigenvalue weighted by atomic mass is 79.9. The van der Waals surface area contributed by atoms with Gasteiger partial charge in [-0.2, -0.15) is 0 Å². The first-order chi connectivity index (χ1) is 8.08. The van der Waals surface area contributed by atoms with Crippen LogP contribution in [0, 0.1) is 5.82 Å². The molecule has 2 aromatic carbocycles. The Balaban J connectivity index is 2.36. The van der Waals surface area contributed by atoms with Crippen molar-refractivity contribution in [3.05, 3.63) is 69.5 Å². The number of hydrogen-bond donors (Lipinski definition) is 0. The second-order valence-corrected chi connectivity index (χ2v) is 5.37. The van der Waals surface area contributed by atoms with Crippen LogP contribution >= 0.6 is 39.1 Å². The third-order valence-corrected chi connectivity index (χ3v) is 3.91. The third-order valence-electron chi connectivity index (χ3n) is 2.40. The SMILES string of the molecule is Fc1cc(Cl)ccc1C(Br)c1ccc(Cl)cc1. The highest BCUT2D eigenvalue weighted by molar-refractivity contribution is 9.09. The lowest BCUT2D eigenvalue weighted by molar-refractivity contribution is 0.613. The fraction of sp³-hybridized carbons (Fsp3) is 0.0769. The number of rotatable bonds is 2. The molecule has 17 heavy (non-hydrogen) atoms. The van der Waals surface area contributed by atoms with Crippen molar-refractivity contribution in [2.75, 3.05) is 0 Å². The molecule has 0 aromatic heterocycles. The maximum Gasteiger partial charge on any atom is 0.129 e. The fourth-order valence-electron chi connectivity index (χ4n) is 1.52. The molecule has 0 bridgehead atoms. The summed E-state index contributed by atoms with van der Waals surface area (Å²) in [5.41, 5.74) is 1.49. The van der Waals surface area contributed by atoms with Crippen molar-refractivity contribution in [1.29, 1.82) is 0 Å². The summed E-state index contributed by atoms with van der Waals surface area (Å²) in [6.07, 6.45) is 0. The number of benzene rings is 2. The molecule has 0 nitrogen and oxygen atoms in total. The van der Waals surface area contributed by atoms with Crippen LogP contribution in [0.15, 0.2) is 42.5 Å². The van der Waals surface area contributed by atoms with Gasteiger partial charge in [0.2, 0.25) is 0 Å². The zero-order valence-corrected chi connectivity index (χ0v) is 11.7. The molecule has 0 aliphatic rings. The van der Waals surface area contributed by atoms with Crippen LogP contribution in [0.25, 0.3) is 0 Å². The van der Waals surface area contributed by atoms with Crippen molar-refractivity contribution >= 4 is 39.1 Å². The predicted molar refractivity (Wildman–Crippen MR) is 73.6 cm³/mol. The maximum absolute atomic E-state index is 13.7. The first-order valence-electron chi connectivity index (χ1n) is 4.92. The predicted octanol–water partition coefficient (Wildman–Crippen LogP) is 5.62. The van der Waals surface area contributed by atoms with E-state index >= 15 is 0 Å². The molecule has 0 saturated carbocycles. The van der Waals surface area contributed by atoms with Gasteiger partial charge in [0.1, 0.15) is 5.82 Å². The maximum atomic E-state index is 13.7. The Morgan fingerprint density at radius 3 is 2.12 bits per heavy atom. The molecule has 0 N–H and O–H groups in total. The second kappa shape index (κ2) is 5.38. The minimum Gasteiger partial charge on any atom is -0.207 e. The zero-order chi connectivity index (χ0) is 12.4. The standard InChI is InChI=1S/C13H8BrCl2F/c14-13(8-1-3-9(15)4-2-8)11-6-5-10(16)7-12(11)17/h1-7,13H. The van der Waals surface area contributed by atoms with Gasteiger partial charge in [-0.25, -0.2) is 4.39 Å². The summed E-state index contributed by atoms with van der Waals surface area (Å²) in [5, 5.41) is 1.05. The third kappa shape index (κ3) is 3.01. The molecule has 0 spiro atoms. The van der Waals surface area contributed by atoms with Gasteiger partial charge >= 0.3 is 0 Å². The Morgan fingerprint density at radius 1 is 0.941 bits per heavy atom. The normalized spacial score (nSPS) is 12.5. The largest absolute Gasteiger partial charge is 0.207 e. The molecular formula is C13H8BrCl2F. The number of alkyl halides is 1. The topological polar surface area (TPSA) is 0 Å². The van der Waals surface area contributed by atoms with Crippen molar-refractivity contribution in [2.45, 2.75) is 4.83 Å². The van der Waals surface area contributed by atoms with Crippen LogP contribution in [-0.2, 0) is 0 Å². The molecule has 0 aliphatic carbocycles. The highest BCUT2D eigenvalue weighted by Crippen LogP contribution is 2.33. The molecule has 1 atom stereocenters. The summed E-state index contributed by atoms with van der Waals surface area (Å²) in [7, 11) is 0. The lowest BCUT2D eigenvalue weighted by Gasteiger charge is -2.12. The minimum absolute atomic E-state index is 0.211. The van der Waals surface area contributed by atoms with E-state index in [9.17, 15) is 4.39 Å². The molecule has 0 fully saturated rings. The number of halogens is 4. The first kappa shape index (κ1) is 12.9. The van der Waals surface area contributed by atoms with Crippen molar-refractivity contribution in [3.8, 4) is 0 Å². The Kier molecular flexibility index (Phi) is 4.08. The average Bonchev–Trinajstić information content (AvgIpc) is 2.29. The molecule has 1 unspecified atom stereocenters. The van der Waals surface area contributed by atoms with Gasteiger partial charge in [0, 0.05) is 15.6 Å². The summed E-state index contributed by atoms with van der Waals surface area (Å²) in [5.74, 6) is -0.325. The van der Waals surface area contributed by atoms with Gasteiger partial charge < -0.3 is 0 Å². The van der Waals surface area contributed by atoms with Gasteiger partial charge in [-0.15, -0.1) is 0 Å². The zero-order valence-electron chi connectivity index (χ0n) is 8.63. The van der Waals surface area contributed by atoms with Gasteiger partial charge in [0.15, 0.2) is 0 Å². The Hall–Kier alpha value is -0.570. The van der Waals surface area contributed by atoms with Gasteiger partial charge in [0.25, 0.3) is 0 Å². The molecule has 4 heteroatoms. The summed E-state index contributed by atoms with van der Waals surface area (Å²) >= 11 is 15.0. The molecule has 0 amide bonds. The summed E-state index contributed by atoms with van der Waals surface area (Å²) in [6, 6.07) is 11.9. The highest BCUT2D eigenvalue weighted by Gasteiger charge is 2.14. The van der Waals surface area contributed by atoms with E-state index in [1.54, 1.807) is 24.3 Å².